The minimum Gasteiger partial charge on any atom is -0.508 e. The van der Waals surface area contributed by atoms with Gasteiger partial charge in [0.1, 0.15) is 5.75 Å². The van der Waals surface area contributed by atoms with E-state index >= 15 is 0 Å². The predicted octanol–water partition coefficient (Wildman–Crippen LogP) is 4.82. The highest BCUT2D eigenvalue weighted by atomic mass is 16.6. The standard InChI is InChI=1S/C23H28N2O3/c26-22-6-1-5-19(16-22)23-12-3-15-24(21(17-23)11-13-23)14-2-4-18-7-9-20(10-8-18)25(27)28/h1,5-10,16,21,26H,2-4,11-15,17H2. The number of non-ortho nitro benzene ring substituents is 1. The minimum atomic E-state index is -0.347. The fourth-order valence-corrected chi connectivity index (χ4v) is 5.25. The molecule has 0 aromatic heterocycles. The van der Waals surface area contributed by atoms with Gasteiger partial charge >= 0.3 is 0 Å². The van der Waals surface area contributed by atoms with Gasteiger partial charge in [0.15, 0.2) is 0 Å². The summed E-state index contributed by atoms with van der Waals surface area (Å²) >= 11 is 0. The van der Waals surface area contributed by atoms with Gasteiger partial charge in [0, 0.05) is 18.2 Å². The molecule has 28 heavy (non-hydrogen) atoms. The molecule has 1 saturated heterocycles. The summed E-state index contributed by atoms with van der Waals surface area (Å²) in [5, 5.41) is 20.7. The molecular weight excluding hydrogens is 352 g/mol. The number of nitro benzene ring substituents is 1. The van der Waals surface area contributed by atoms with Crippen molar-refractivity contribution in [3.8, 4) is 5.75 Å². The van der Waals surface area contributed by atoms with Gasteiger partial charge in [-0.2, -0.15) is 0 Å². The Morgan fingerprint density at radius 3 is 2.75 bits per heavy atom. The number of hydrogen-bond acceptors (Lipinski definition) is 4. The Morgan fingerprint density at radius 2 is 2.00 bits per heavy atom. The molecule has 2 fully saturated rings. The zero-order valence-corrected chi connectivity index (χ0v) is 16.2. The van der Waals surface area contributed by atoms with Crippen LogP contribution in [0.4, 0.5) is 5.69 Å². The molecule has 1 aliphatic carbocycles. The van der Waals surface area contributed by atoms with E-state index in [1.54, 1.807) is 18.2 Å². The molecule has 2 bridgehead atoms. The normalized spacial score (nSPS) is 24.8. The van der Waals surface area contributed by atoms with Gasteiger partial charge in [0.25, 0.3) is 5.69 Å². The average Bonchev–Trinajstić information content (AvgIpc) is 3.03. The Hall–Kier alpha value is -2.40. The van der Waals surface area contributed by atoms with E-state index in [1.807, 2.05) is 24.3 Å². The fraction of sp³-hybridized carbons (Fsp3) is 0.478. The van der Waals surface area contributed by atoms with Crippen LogP contribution in [0.1, 0.15) is 49.7 Å². The third kappa shape index (κ3) is 3.90. The summed E-state index contributed by atoms with van der Waals surface area (Å²) in [5.41, 5.74) is 2.87. The van der Waals surface area contributed by atoms with Gasteiger partial charge in [-0.15, -0.1) is 0 Å². The first kappa shape index (κ1) is 18.9. The number of phenols is 1. The SMILES string of the molecule is O=[N+]([O-])c1ccc(CCCN2CCCC3(c4cccc(O)c4)CCC2C3)cc1. The van der Waals surface area contributed by atoms with E-state index in [4.69, 9.17) is 0 Å². The Balaban J connectivity index is 1.35. The molecule has 1 heterocycles. The van der Waals surface area contributed by atoms with Crippen molar-refractivity contribution < 1.29 is 10.0 Å². The van der Waals surface area contributed by atoms with Crippen molar-refractivity contribution in [1.29, 1.82) is 0 Å². The molecule has 0 spiro atoms. The van der Waals surface area contributed by atoms with Crippen LogP contribution in [0.2, 0.25) is 0 Å². The van der Waals surface area contributed by atoms with E-state index in [9.17, 15) is 15.2 Å². The second kappa shape index (κ2) is 7.92. The van der Waals surface area contributed by atoms with Crippen molar-refractivity contribution in [2.75, 3.05) is 13.1 Å². The van der Waals surface area contributed by atoms with Crippen molar-refractivity contribution in [1.82, 2.24) is 4.90 Å². The number of nitro groups is 1. The molecule has 2 aromatic rings. The molecular formula is C23H28N2O3. The van der Waals surface area contributed by atoms with Crippen molar-refractivity contribution in [2.24, 2.45) is 0 Å². The Bertz CT molecular complexity index is 836. The number of nitrogens with zero attached hydrogens (tertiary/aromatic N) is 2. The minimum absolute atomic E-state index is 0.158. The van der Waals surface area contributed by atoms with E-state index in [-0.39, 0.29) is 16.0 Å². The summed E-state index contributed by atoms with van der Waals surface area (Å²) in [6.45, 7) is 2.23. The lowest BCUT2D eigenvalue weighted by molar-refractivity contribution is -0.384. The van der Waals surface area contributed by atoms with E-state index < -0.39 is 0 Å². The fourth-order valence-electron chi connectivity index (χ4n) is 5.25. The van der Waals surface area contributed by atoms with Gasteiger partial charge in [-0.05, 0) is 86.7 Å². The quantitative estimate of drug-likeness (QED) is 0.576. The number of hydrogen-bond donors (Lipinski definition) is 1. The topological polar surface area (TPSA) is 66.6 Å². The summed E-state index contributed by atoms with van der Waals surface area (Å²) in [6, 6.07) is 15.5. The molecule has 2 atom stereocenters. The molecule has 2 aromatic carbocycles. The maximum absolute atomic E-state index is 10.8. The molecule has 2 unspecified atom stereocenters. The molecule has 2 aliphatic rings. The molecule has 148 valence electrons. The van der Waals surface area contributed by atoms with Crippen LogP contribution in [0.25, 0.3) is 0 Å². The summed E-state index contributed by atoms with van der Waals surface area (Å²) in [4.78, 5) is 13.1. The van der Waals surface area contributed by atoms with E-state index in [0.29, 0.717) is 11.8 Å². The summed E-state index contributed by atoms with van der Waals surface area (Å²) < 4.78 is 0. The third-order valence-corrected chi connectivity index (χ3v) is 6.72. The second-order valence-corrected chi connectivity index (χ2v) is 8.39. The van der Waals surface area contributed by atoms with Crippen LogP contribution < -0.4 is 0 Å². The number of likely N-dealkylation sites (tertiary alicyclic amines) is 1. The van der Waals surface area contributed by atoms with Gasteiger partial charge in [0.05, 0.1) is 4.92 Å². The number of fused-ring (bicyclic) bond motifs is 2. The van der Waals surface area contributed by atoms with E-state index in [0.717, 1.165) is 25.9 Å². The summed E-state index contributed by atoms with van der Waals surface area (Å²) in [5.74, 6) is 0.375. The summed E-state index contributed by atoms with van der Waals surface area (Å²) in [6.07, 6.45) is 8.06. The lowest BCUT2D eigenvalue weighted by atomic mass is 9.75. The molecule has 4 rings (SSSR count). The number of phenolic OH excluding ortho intramolecular Hbond substituents is 1. The first-order valence-electron chi connectivity index (χ1n) is 10.3. The molecule has 5 nitrogen and oxygen atoms in total. The zero-order chi connectivity index (χ0) is 19.6. The van der Waals surface area contributed by atoms with Crippen LogP contribution in [0.15, 0.2) is 48.5 Å². The second-order valence-electron chi connectivity index (χ2n) is 8.39. The number of benzene rings is 2. The van der Waals surface area contributed by atoms with Gasteiger partial charge < -0.3 is 10.0 Å². The first-order valence-corrected chi connectivity index (χ1v) is 10.3. The van der Waals surface area contributed by atoms with Gasteiger partial charge in [-0.1, -0.05) is 24.3 Å². The number of aromatic hydroxyl groups is 1. The lowest BCUT2D eigenvalue weighted by Gasteiger charge is -2.29. The van der Waals surface area contributed by atoms with Crippen molar-refractivity contribution >= 4 is 5.69 Å². The molecule has 1 N–H and O–H groups in total. The van der Waals surface area contributed by atoms with Crippen LogP contribution in [-0.2, 0) is 11.8 Å². The predicted molar refractivity (Wildman–Crippen MR) is 110 cm³/mol. The van der Waals surface area contributed by atoms with Crippen LogP contribution in [0, 0.1) is 10.1 Å². The lowest BCUT2D eigenvalue weighted by Crippen LogP contribution is -2.34. The largest absolute Gasteiger partial charge is 0.508 e. The van der Waals surface area contributed by atoms with Crippen LogP contribution in [0.3, 0.4) is 0 Å². The van der Waals surface area contributed by atoms with Crippen LogP contribution in [0.5, 0.6) is 5.75 Å². The third-order valence-electron chi connectivity index (χ3n) is 6.72. The molecule has 0 amide bonds. The molecule has 1 saturated carbocycles. The highest BCUT2D eigenvalue weighted by Crippen LogP contribution is 2.48. The monoisotopic (exact) mass is 380 g/mol. The van der Waals surface area contributed by atoms with Crippen LogP contribution >= 0.6 is 0 Å². The van der Waals surface area contributed by atoms with Crippen molar-refractivity contribution in [3.63, 3.8) is 0 Å². The van der Waals surface area contributed by atoms with Crippen LogP contribution in [-0.4, -0.2) is 34.1 Å². The highest BCUT2D eigenvalue weighted by molar-refractivity contribution is 5.35. The molecule has 1 aliphatic heterocycles. The Labute approximate surface area is 166 Å². The van der Waals surface area contributed by atoms with Crippen molar-refractivity contribution in [2.45, 2.75) is 56.4 Å². The van der Waals surface area contributed by atoms with Crippen molar-refractivity contribution in [3.05, 3.63) is 69.8 Å². The first-order chi connectivity index (χ1) is 13.6. The zero-order valence-electron chi connectivity index (χ0n) is 16.2. The number of aryl methyl sites for hydroxylation is 1. The van der Waals surface area contributed by atoms with E-state index in [2.05, 4.69) is 11.0 Å². The van der Waals surface area contributed by atoms with Gasteiger partial charge in [-0.25, -0.2) is 0 Å². The maximum atomic E-state index is 10.8. The molecule has 5 heteroatoms. The Morgan fingerprint density at radius 1 is 1.18 bits per heavy atom. The maximum Gasteiger partial charge on any atom is 0.269 e. The smallest absolute Gasteiger partial charge is 0.269 e. The molecule has 0 radical (unpaired) electrons. The number of rotatable bonds is 6. The Kier molecular flexibility index (Phi) is 5.36. The highest BCUT2D eigenvalue weighted by Gasteiger charge is 2.44. The average molecular weight is 380 g/mol. The van der Waals surface area contributed by atoms with Gasteiger partial charge in [0.2, 0.25) is 0 Å². The van der Waals surface area contributed by atoms with E-state index in [1.165, 1.54) is 43.2 Å². The summed E-state index contributed by atoms with van der Waals surface area (Å²) in [7, 11) is 0. The van der Waals surface area contributed by atoms with Gasteiger partial charge in [-0.3, -0.25) is 10.1 Å².